The summed E-state index contributed by atoms with van der Waals surface area (Å²) in [5, 5.41) is 11.7. The van der Waals surface area contributed by atoms with E-state index >= 15 is 0 Å². The second-order valence-corrected chi connectivity index (χ2v) is 5.49. The van der Waals surface area contributed by atoms with Crippen LogP contribution >= 0.6 is 0 Å². The van der Waals surface area contributed by atoms with Crippen molar-refractivity contribution in [2.75, 3.05) is 24.7 Å². The molecule has 100 valence electrons. The topological polar surface area (TPSA) is 108 Å². The lowest BCUT2D eigenvalue weighted by atomic mass is 10.3. The van der Waals surface area contributed by atoms with Crippen LogP contribution in [0.5, 0.6) is 0 Å². The number of carboxylic acid groups (broad SMARTS) is 1. The van der Waals surface area contributed by atoms with Crippen molar-refractivity contribution in [2.24, 2.45) is 0 Å². The van der Waals surface area contributed by atoms with E-state index in [-0.39, 0.29) is 5.69 Å². The number of aromatic nitrogens is 1. The predicted molar refractivity (Wildman–Crippen MR) is 67.1 cm³/mol. The smallest absolute Gasteiger partial charge is 0.354 e. The van der Waals surface area contributed by atoms with Crippen LogP contribution in [0.1, 0.15) is 16.9 Å². The standard InChI is InChI=1S/C10H15N3O4S/c1-18(16,17)12-7-3-6-11-9-5-2-4-8(13-9)10(14)15/h2,4-5,12H,3,6-7H2,1H3,(H,11,13)(H,14,15). The minimum absolute atomic E-state index is 0.0331. The molecule has 0 amide bonds. The first-order valence-corrected chi connectivity index (χ1v) is 7.16. The van der Waals surface area contributed by atoms with Gasteiger partial charge in [0.05, 0.1) is 6.26 Å². The van der Waals surface area contributed by atoms with Gasteiger partial charge in [0.25, 0.3) is 0 Å². The van der Waals surface area contributed by atoms with E-state index in [0.717, 1.165) is 6.26 Å². The number of aromatic carboxylic acids is 1. The van der Waals surface area contributed by atoms with Gasteiger partial charge in [-0.25, -0.2) is 22.9 Å². The molecule has 1 aromatic rings. The van der Waals surface area contributed by atoms with Gasteiger partial charge in [-0.2, -0.15) is 0 Å². The summed E-state index contributed by atoms with van der Waals surface area (Å²) in [6.07, 6.45) is 1.67. The number of sulfonamides is 1. The number of nitrogens with one attached hydrogen (secondary N) is 2. The molecule has 1 rings (SSSR count). The monoisotopic (exact) mass is 273 g/mol. The zero-order valence-corrected chi connectivity index (χ0v) is 10.7. The molecule has 0 unspecified atom stereocenters. The Labute approximate surface area is 105 Å². The summed E-state index contributed by atoms with van der Waals surface area (Å²) in [6.45, 7) is 0.822. The van der Waals surface area contributed by atoms with Crippen molar-refractivity contribution in [1.29, 1.82) is 0 Å². The van der Waals surface area contributed by atoms with Gasteiger partial charge in [-0.1, -0.05) is 6.07 Å². The molecule has 0 saturated heterocycles. The first-order valence-electron chi connectivity index (χ1n) is 5.27. The molecule has 0 aliphatic heterocycles. The van der Waals surface area contributed by atoms with Gasteiger partial charge in [0.15, 0.2) is 5.69 Å². The molecule has 0 radical (unpaired) electrons. The lowest BCUT2D eigenvalue weighted by molar-refractivity contribution is 0.0690. The lowest BCUT2D eigenvalue weighted by Crippen LogP contribution is -2.24. The van der Waals surface area contributed by atoms with E-state index in [9.17, 15) is 13.2 Å². The Morgan fingerprint density at radius 2 is 2.11 bits per heavy atom. The molecular weight excluding hydrogens is 258 g/mol. The summed E-state index contributed by atoms with van der Waals surface area (Å²) in [5.74, 6) is -0.633. The van der Waals surface area contributed by atoms with Gasteiger partial charge < -0.3 is 10.4 Å². The van der Waals surface area contributed by atoms with Crippen molar-refractivity contribution < 1.29 is 18.3 Å². The SMILES string of the molecule is CS(=O)(=O)NCCCNc1cccc(C(=O)O)n1. The summed E-state index contributed by atoms with van der Waals surface area (Å²) in [7, 11) is -3.16. The maximum atomic E-state index is 10.8. The number of hydrogen-bond acceptors (Lipinski definition) is 5. The fourth-order valence-electron chi connectivity index (χ4n) is 1.21. The summed E-state index contributed by atoms with van der Waals surface area (Å²) < 4.78 is 23.9. The molecule has 7 nitrogen and oxygen atoms in total. The number of carboxylic acids is 1. The van der Waals surface area contributed by atoms with Crippen molar-refractivity contribution in [1.82, 2.24) is 9.71 Å². The van der Waals surface area contributed by atoms with Crippen LogP contribution in [-0.4, -0.2) is 43.8 Å². The van der Waals surface area contributed by atoms with Crippen LogP contribution in [0.15, 0.2) is 18.2 Å². The molecule has 18 heavy (non-hydrogen) atoms. The third kappa shape index (κ3) is 5.60. The van der Waals surface area contributed by atoms with Gasteiger partial charge in [0, 0.05) is 13.1 Å². The van der Waals surface area contributed by atoms with Crippen molar-refractivity contribution >= 4 is 21.8 Å². The van der Waals surface area contributed by atoms with Gasteiger partial charge in [-0.3, -0.25) is 0 Å². The van der Waals surface area contributed by atoms with Crippen molar-refractivity contribution in [3.63, 3.8) is 0 Å². The highest BCUT2D eigenvalue weighted by atomic mass is 32.2. The van der Waals surface area contributed by atoms with E-state index in [1.54, 1.807) is 12.1 Å². The zero-order valence-electron chi connectivity index (χ0n) is 9.88. The Balaban J connectivity index is 2.36. The summed E-state index contributed by atoms with van der Waals surface area (Å²) >= 11 is 0. The molecule has 3 N–H and O–H groups in total. The van der Waals surface area contributed by atoms with Crippen molar-refractivity contribution in [2.45, 2.75) is 6.42 Å². The van der Waals surface area contributed by atoms with Crippen LogP contribution in [0.3, 0.4) is 0 Å². The van der Waals surface area contributed by atoms with Gasteiger partial charge in [-0.15, -0.1) is 0 Å². The highest BCUT2D eigenvalue weighted by Gasteiger charge is 2.04. The van der Waals surface area contributed by atoms with Crippen LogP contribution in [0.4, 0.5) is 5.82 Å². The zero-order chi connectivity index (χ0) is 13.6. The fraction of sp³-hybridized carbons (Fsp3) is 0.400. The van der Waals surface area contributed by atoms with Gasteiger partial charge in [0.1, 0.15) is 5.82 Å². The maximum absolute atomic E-state index is 10.8. The molecule has 0 saturated carbocycles. The number of rotatable bonds is 7. The number of hydrogen-bond donors (Lipinski definition) is 3. The summed E-state index contributed by atoms with van der Waals surface area (Å²) in [6, 6.07) is 4.64. The van der Waals surface area contributed by atoms with E-state index < -0.39 is 16.0 Å². The van der Waals surface area contributed by atoms with E-state index in [0.29, 0.717) is 25.3 Å². The largest absolute Gasteiger partial charge is 0.477 e. The average Bonchev–Trinajstić information content (AvgIpc) is 2.27. The fourth-order valence-corrected chi connectivity index (χ4v) is 1.73. The Morgan fingerprint density at radius 3 is 2.72 bits per heavy atom. The maximum Gasteiger partial charge on any atom is 0.354 e. The molecule has 0 atom stereocenters. The molecule has 0 bridgehead atoms. The van der Waals surface area contributed by atoms with E-state index in [1.807, 2.05) is 0 Å². The Kier molecular flexibility index (Phi) is 5.05. The molecule has 1 heterocycles. The first-order chi connectivity index (χ1) is 8.38. The van der Waals surface area contributed by atoms with Gasteiger partial charge in [0.2, 0.25) is 10.0 Å². The summed E-state index contributed by atoms with van der Waals surface area (Å²) in [4.78, 5) is 14.5. The van der Waals surface area contributed by atoms with Gasteiger partial charge >= 0.3 is 5.97 Å². The van der Waals surface area contributed by atoms with Crippen molar-refractivity contribution in [3.05, 3.63) is 23.9 Å². The van der Waals surface area contributed by atoms with Crippen LogP contribution in [0, 0.1) is 0 Å². The first kappa shape index (κ1) is 14.4. The minimum atomic E-state index is -3.16. The summed E-state index contributed by atoms with van der Waals surface area (Å²) in [5.41, 5.74) is -0.0331. The minimum Gasteiger partial charge on any atom is -0.477 e. The van der Waals surface area contributed by atoms with Crippen LogP contribution in [0.25, 0.3) is 0 Å². The van der Waals surface area contributed by atoms with E-state index in [2.05, 4.69) is 15.0 Å². The number of carbonyl (C=O) groups is 1. The highest BCUT2D eigenvalue weighted by Crippen LogP contribution is 2.04. The predicted octanol–water partition coefficient (Wildman–Crippen LogP) is 0.131. The molecule has 0 aliphatic carbocycles. The Morgan fingerprint density at radius 1 is 1.39 bits per heavy atom. The molecule has 1 aromatic heterocycles. The quantitative estimate of drug-likeness (QED) is 0.609. The molecule has 0 fully saturated rings. The van der Waals surface area contributed by atoms with Crippen LogP contribution in [-0.2, 0) is 10.0 Å². The van der Waals surface area contributed by atoms with Gasteiger partial charge in [-0.05, 0) is 18.6 Å². The number of anilines is 1. The van der Waals surface area contributed by atoms with Crippen LogP contribution < -0.4 is 10.0 Å². The third-order valence-corrected chi connectivity index (χ3v) is 2.72. The molecular formula is C10H15N3O4S. The Bertz CT molecular complexity index is 516. The van der Waals surface area contributed by atoms with E-state index in [1.165, 1.54) is 6.07 Å². The highest BCUT2D eigenvalue weighted by molar-refractivity contribution is 7.88. The average molecular weight is 273 g/mol. The number of nitrogens with zero attached hydrogens (tertiary/aromatic N) is 1. The molecule has 8 heteroatoms. The molecule has 0 spiro atoms. The van der Waals surface area contributed by atoms with Crippen LogP contribution in [0.2, 0.25) is 0 Å². The van der Waals surface area contributed by atoms with Crippen molar-refractivity contribution in [3.8, 4) is 0 Å². The molecule has 0 aromatic carbocycles. The Hall–Kier alpha value is -1.67. The molecule has 0 aliphatic rings. The second kappa shape index (κ2) is 6.31. The normalized spacial score (nSPS) is 11.2. The third-order valence-electron chi connectivity index (χ3n) is 1.99. The number of pyridine rings is 1. The van der Waals surface area contributed by atoms with E-state index in [4.69, 9.17) is 5.11 Å². The second-order valence-electron chi connectivity index (χ2n) is 3.66. The lowest BCUT2D eigenvalue weighted by Gasteiger charge is -2.06.